The molecule has 21 heavy (non-hydrogen) atoms. The lowest BCUT2D eigenvalue weighted by atomic mass is 9.98. The van der Waals surface area contributed by atoms with Gasteiger partial charge in [-0.3, -0.25) is 0 Å². The maximum atomic E-state index is 13.5. The zero-order chi connectivity index (χ0) is 15.4. The highest BCUT2D eigenvalue weighted by atomic mass is 127. The van der Waals surface area contributed by atoms with Gasteiger partial charge in [-0.1, -0.05) is 38.8 Å². The van der Waals surface area contributed by atoms with Gasteiger partial charge in [0.25, 0.3) is 0 Å². The maximum absolute atomic E-state index is 13.5. The predicted molar refractivity (Wildman–Crippen MR) is 101 cm³/mol. The van der Waals surface area contributed by atoms with Crippen LogP contribution in [0.25, 0.3) is 0 Å². The highest BCUT2D eigenvalue weighted by Gasteiger charge is 2.16. The molecule has 0 saturated heterocycles. The minimum Gasteiger partial charge on any atom is -0.310 e. The van der Waals surface area contributed by atoms with E-state index >= 15 is 0 Å². The van der Waals surface area contributed by atoms with Gasteiger partial charge < -0.3 is 5.32 Å². The molecule has 0 radical (unpaired) electrons. The lowest BCUT2D eigenvalue weighted by Gasteiger charge is -2.21. The first-order chi connectivity index (χ1) is 10.0. The summed E-state index contributed by atoms with van der Waals surface area (Å²) in [4.78, 5) is 0. The lowest BCUT2D eigenvalue weighted by Crippen LogP contribution is -2.23. The van der Waals surface area contributed by atoms with Crippen molar-refractivity contribution in [1.29, 1.82) is 0 Å². The van der Waals surface area contributed by atoms with Crippen LogP contribution in [0.15, 0.2) is 45.3 Å². The normalized spacial score (nSPS) is 12.4. The van der Waals surface area contributed by atoms with E-state index in [2.05, 4.69) is 84.9 Å². The van der Waals surface area contributed by atoms with E-state index in [9.17, 15) is 4.39 Å². The average Bonchev–Trinajstić information content (AvgIpc) is 2.45. The summed E-state index contributed by atoms with van der Waals surface area (Å²) in [5.41, 5.74) is 2.16. The number of nitrogens with one attached hydrogen (secondary N) is 1. The van der Waals surface area contributed by atoms with Crippen LogP contribution in [-0.4, -0.2) is 6.54 Å². The van der Waals surface area contributed by atoms with E-state index in [-0.39, 0.29) is 11.9 Å². The Morgan fingerprint density at radius 1 is 1.14 bits per heavy atom. The van der Waals surface area contributed by atoms with Crippen LogP contribution in [0.3, 0.4) is 0 Å². The maximum Gasteiger partial charge on any atom is 0.123 e. The van der Waals surface area contributed by atoms with Crippen LogP contribution in [0, 0.1) is 9.39 Å². The summed E-state index contributed by atoms with van der Waals surface area (Å²) in [6, 6.07) is 11.2. The van der Waals surface area contributed by atoms with Gasteiger partial charge in [-0.25, -0.2) is 4.39 Å². The molecule has 0 aliphatic heterocycles. The summed E-state index contributed by atoms with van der Waals surface area (Å²) in [6.45, 7) is 2.94. The first-order valence-corrected chi connectivity index (χ1v) is 9.30. The molecule has 0 bridgehead atoms. The van der Waals surface area contributed by atoms with Crippen molar-refractivity contribution >= 4 is 54.5 Å². The Kier molecular flexibility index (Phi) is 6.65. The van der Waals surface area contributed by atoms with Crippen LogP contribution < -0.4 is 5.32 Å². The smallest absolute Gasteiger partial charge is 0.123 e. The van der Waals surface area contributed by atoms with E-state index in [0.717, 1.165) is 27.5 Å². The summed E-state index contributed by atoms with van der Waals surface area (Å²) < 4.78 is 16.7. The monoisotopic (exact) mass is 525 g/mol. The molecule has 5 heteroatoms. The van der Waals surface area contributed by atoms with Crippen LogP contribution in [0.5, 0.6) is 0 Å². The van der Waals surface area contributed by atoms with Crippen molar-refractivity contribution in [3.8, 4) is 0 Å². The molecule has 1 atom stereocenters. The van der Waals surface area contributed by atoms with Crippen molar-refractivity contribution in [3.05, 3.63) is 65.9 Å². The molecule has 0 saturated carbocycles. The molecule has 0 spiro atoms. The molecule has 1 N–H and O–H groups in total. The van der Waals surface area contributed by atoms with Crippen LogP contribution >= 0.6 is 54.5 Å². The third kappa shape index (κ3) is 4.74. The fourth-order valence-corrected chi connectivity index (χ4v) is 3.69. The topological polar surface area (TPSA) is 12.0 Å². The zero-order valence-electron chi connectivity index (χ0n) is 11.5. The van der Waals surface area contributed by atoms with E-state index < -0.39 is 0 Å². The Hall–Kier alpha value is 0.0200. The number of rotatable bonds is 5. The SMILES string of the molecule is CCNC(Cc1cc(F)ccc1Br)c1cc(I)ccc1Br. The van der Waals surface area contributed by atoms with E-state index in [1.54, 1.807) is 12.1 Å². The summed E-state index contributed by atoms with van der Waals surface area (Å²) in [5, 5.41) is 3.49. The number of likely N-dealkylation sites (N-methyl/N-ethyl adjacent to an activating group) is 1. The summed E-state index contributed by atoms with van der Waals surface area (Å²) in [5.74, 6) is -0.204. The third-order valence-corrected chi connectivity index (χ3v) is 5.38. The van der Waals surface area contributed by atoms with Gasteiger partial charge >= 0.3 is 0 Å². The molecule has 0 aliphatic carbocycles. The van der Waals surface area contributed by atoms with Gasteiger partial charge in [-0.2, -0.15) is 0 Å². The predicted octanol–water partition coefficient (Wildman–Crippen LogP) is 5.85. The van der Waals surface area contributed by atoms with Gasteiger partial charge in [-0.15, -0.1) is 0 Å². The van der Waals surface area contributed by atoms with Crippen LogP contribution in [0.4, 0.5) is 4.39 Å². The lowest BCUT2D eigenvalue weighted by molar-refractivity contribution is 0.543. The fourth-order valence-electron chi connectivity index (χ4n) is 2.24. The quantitative estimate of drug-likeness (QED) is 0.482. The van der Waals surface area contributed by atoms with Crippen molar-refractivity contribution in [1.82, 2.24) is 5.32 Å². The molecule has 0 aliphatic rings. The Labute approximate surface area is 155 Å². The molecule has 1 nitrogen and oxygen atoms in total. The van der Waals surface area contributed by atoms with Crippen LogP contribution in [-0.2, 0) is 6.42 Å². The molecule has 0 amide bonds. The molecule has 112 valence electrons. The Balaban J connectivity index is 2.35. The number of hydrogen-bond donors (Lipinski definition) is 1. The molecule has 2 aromatic rings. The summed E-state index contributed by atoms with van der Waals surface area (Å²) >= 11 is 9.44. The largest absolute Gasteiger partial charge is 0.310 e. The number of hydrogen-bond acceptors (Lipinski definition) is 1. The zero-order valence-corrected chi connectivity index (χ0v) is 16.8. The second-order valence-corrected chi connectivity index (χ2v) is 7.67. The molecule has 0 aromatic heterocycles. The van der Waals surface area contributed by atoms with Gasteiger partial charge in [0.05, 0.1) is 0 Å². The van der Waals surface area contributed by atoms with Crippen LogP contribution in [0.1, 0.15) is 24.1 Å². The van der Waals surface area contributed by atoms with Gasteiger partial charge in [0.1, 0.15) is 5.82 Å². The van der Waals surface area contributed by atoms with Crippen LogP contribution in [0.2, 0.25) is 0 Å². The molecule has 0 fully saturated rings. The molecular formula is C16H15Br2FIN. The third-order valence-electron chi connectivity index (χ3n) is 3.22. The minimum atomic E-state index is -0.204. The van der Waals surface area contributed by atoms with Gasteiger partial charge in [0, 0.05) is 18.6 Å². The van der Waals surface area contributed by atoms with Crippen molar-refractivity contribution in [2.24, 2.45) is 0 Å². The molecule has 0 heterocycles. The van der Waals surface area contributed by atoms with Gasteiger partial charge in [0.15, 0.2) is 0 Å². The summed E-state index contributed by atoms with van der Waals surface area (Å²) in [7, 11) is 0. The Morgan fingerprint density at radius 3 is 2.57 bits per heavy atom. The number of benzene rings is 2. The minimum absolute atomic E-state index is 0.136. The highest BCUT2D eigenvalue weighted by Crippen LogP contribution is 2.30. The van der Waals surface area contributed by atoms with E-state index in [1.165, 1.54) is 15.2 Å². The summed E-state index contributed by atoms with van der Waals surface area (Å²) in [6.07, 6.45) is 0.727. The highest BCUT2D eigenvalue weighted by molar-refractivity contribution is 14.1. The standard InChI is InChI=1S/C16H15Br2FIN/c1-2-21-16(13-9-12(20)4-6-15(13)18)8-10-7-11(19)3-5-14(10)17/h3-7,9,16,21H,2,8H2,1H3. The average molecular weight is 527 g/mol. The molecule has 2 rings (SSSR count). The Bertz CT molecular complexity index is 634. The molecule has 2 aromatic carbocycles. The van der Waals surface area contributed by atoms with Crippen molar-refractivity contribution in [2.75, 3.05) is 6.54 Å². The molecular weight excluding hydrogens is 512 g/mol. The second-order valence-electron chi connectivity index (χ2n) is 4.72. The van der Waals surface area contributed by atoms with Crippen molar-refractivity contribution in [2.45, 2.75) is 19.4 Å². The Morgan fingerprint density at radius 2 is 1.86 bits per heavy atom. The van der Waals surface area contributed by atoms with E-state index in [0.29, 0.717) is 0 Å². The van der Waals surface area contributed by atoms with Gasteiger partial charge in [-0.05, 0) is 83.1 Å². The first-order valence-electron chi connectivity index (χ1n) is 6.63. The number of halogens is 4. The fraction of sp³-hybridized carbons (Fsp3) is 0.250. The second kappa shape index (κ2) is 8.04. The molecule has 1 unspecified atom stereocenters. The van der Waals surface area contributed by atoms with E-state index in [4.69, 9.17) is 0 Å². The van der Waals surface area contributed by atoms with E-state index in [1.807, 2.05) is 0 Å². The van der Waals surface area contributed by atoms with Crippen molar-refractivity contribution in [3.63, 3.8) is 0 Å². The van der Waals surface area contributed by atoms with Crippen molar-refractivity contribution < 1.29 is 4.39 Å². The first kappa shape index (κ1) is 17.4. The van der Waals surface area contributed by atoms with Gasteiger partial charge in [0.2, 0.25) is 0 Å².